The Kier molecular flexibility index (Phi) is 5.55. The van der Waals surface area contributed by atoms with E-state index in [9.17, 15) is 4.79 Å². The molecule has 4 heteroatoms. The van der Waals surface area contributed by atoms with Crippen molar-refractivity contribution in [1.82, 2.24) is 10.2 Å². The van der Waals surface area contributed by atoms with Crippen molar-refractivity contribution in [3.63, 3.8) is 0 Å². The number of nitrogens with one attached hydrogen (secondary N) is 1. The molecule has 1 atom stereocenters. The summed E-state index contributed by atoms with van der Waals surface area (Å²) < 4.78 is 5.87. The molecule has 2 aliphatic heterocycles. The van der Waals surface area contributed by atoms with Crippen molar-refractivity contribution in [3.05, 3.63) is 29.8 Å². The van der Waals surface area contributed by atoms with Crippen molar-refractivity contribution in [2.75, 3.05) is 32.8 Å². The average Bonchev–Trinajstić information content (AvgIpc) is 2.61. The van der Waals surface area contributed by atoms with Crippen molar-refractivity contribution in [1.29, 1.82) is 0 Å². The van der Waals surface area contributed by atoms with Gasteiger partial charge in [0.25, 0.3) is 5.91 Å². The largest absolute Gasteiger partial charge is 0.493 e. The first kappa shape index (κ1) is 16.3. The zero-order valence-corrected chi connectivity index (χ0v) is 14.1. The summed E-state index contributed by atoms with van der Waals surface area (Å²) in [6.45, 7) is 6.95. The number of piperidine rings is 2. The molecular formula is C19H28N2O2. The van der Waals surface area contributed by atoms with E-state index in [1.54, 1.807) is 0 Å². The summed E-state index contributed by atoms with van der Waals surface area (Å²) in [6.07, 6.45) is 4.69. The Labute approximate surface area is 139 Å². The highest BCUT2D eigenvalue weighted by molar-refractivity contribution is 5.94. The number of nitrogens with zero attached hydrogens (tertiary/aromatic N) is 1. The zero-order valence-electron chi connectivity index (χ0n) is 14.1. The van der Waals surface area contributed by atoms with Gasteiger partial charge in [0, 0.05) is 31.1 Å². The van der Waals surface area contributed by atoms with Gasteiger partial charge in [-0.05, 0) is 62.4 Å². The van der Waals surface area contributed by atoms with Gasteiger partial charge in [0.05, 0.1) is 6.61 Å². The van der Waals surface area contributed by atoms with Gasteiger partial charge < -0.3 is 15.0 Å². The highest BCUT2D eigenvalue weighted by Crippen LogP contribution is 2.20. The average molecular weight is 316 g/mol. The van der Waals surface area contributed by atoms with Crippen LogP contribution in [0.3, 0.4) is 0 Å². The molecule has 23 heavy (non-hydrogen) atoms. The van der Waals surface area contributed by atoms with Crippen molar-refractivity contribution < 1.29 is 9.53 Å². The Hall–Kier alpha value is -1.55. The number of rotatable bonds is 4. The molecule has 0 aromatic heterocycles. The van der Waals surface area contributed by atoms with Gasteiger partial charge in [-0.3, -0.25) is 4.79 Å². The topological polar surface area (TPSA) is 41.6 Å². The third-order valence-electron chi connectivity index (χ3n) is 5.06. The van der Waals surface area contributed by atoms with Crippen LogP contribution in [0, 0.1) is 11.8 Å². The molecule has 2 fully saturated rings. The van der Waals surface area contributed by atoms with E-state index in [0.717, 1.165) is 62.9 Å². The second-order valence-electron chi connectivity index (χ2n) is 7.02. The highest BCUT2D eigenvalue weighted by atomic mass is 16.5. The number of benzene rings is 1. The van der Waals surface area contributed by atoms with Crippen LogP contribution in [-0.2, 0) is 0 Å². The normalized spacial score (nSPS) is 22.8. The van der Waals surface area contributed by atoms with Gasteiger partial charge in [-0.25, -0.2) is 0 Å². The highest BCUT2D eigenvalue weighted by Gasteiger charge is 2.21. The number of likely N-dealkylation sites (tertiary alicyclic amines) is 1. The van der Waals surface area contributed by atoms with Crippen molar-refractivity contribution in [2.45, 2.75) is 32.6 Å². The molecule has 4 nitrogen and oxygen atoms in total. The molecular weight excluding hydrogens is 288 g/mol. The van der Waals surface area contributed by atoms with E-state index in [-0.39, 0.29) is 5.91 Å². The van der Waals surface area contributed by atoms with Gasteiger partial charge in [-0.15, -0.1) is 0 Å². The maximum atomic E-state index is 12.5. The minimum absolute atomic E-state index is 0.153. The van der Waals surface area contributed by atoms with E-state index < -0.39 is 0 Å². The number of carbonyl (C=O) groups is 1. The summed E-state index contributed by atoms with van der Waals surface area (Å²) in [5.74, 6) is 2.35. The minimum Gasteiger partial charge on any atom is -0.493 e. The summed E-state index contributed by atoms with van der Waals surface area (Å²) >= 11 is 0. The molecule has 2 aliphatic rings. The molecule has 0 saturated carbocycles. The Morgan fingerprint density at radius 2 is 1.96 bits per heavy atom. The summed E-state index contributed by atoms with van der Waals surface area (Å²) in [5.41, 5.74) is 0.770. The fourth-order valence-electron chi connectivity index (χ4n) is 3.37. The summed E-state index contributed by atoms with van der Waals surface area (Å²) in [4.78, 5) is 14.5. The van der Waals surface area contributed by atoms with Gasteiger partial charge in [0.1, 0.15) is 5.75 Å². The zero-order chi connectivity index (χ0) is 16.1. The maximum absolute atomic E-state index is 12.5. The number of hydrogen-bond acceptors (Lipinski definition) is 3. The minimum atomic E-state index is 0.153. The van der Waals surface area contributed by atoms with Crippen molar-refractivity contribution in [2.24, 2.45) is 11.8 Å². The molecule has 1 N–H and O–H groups in total. The summed E-state index contributed by atoms with van der Waals surface area (Å²) in [6, 6.07) is 7.65. The van der Waals surface area contributed by atoms with Gasteiger partial charge in [0.15, 0.2) is 0 Å². The molecule has 1 amide bonds. The molecule has 1 aromatic rings. The lowest BCUT2D eigenvalue weighted by atomic mass is 9.98. The lowest BCUT2D eigenvalue weighted by Crippen LogP contribution is -2.37. The van der Waals surface area contributed by atoms with Crippen LogP contribution >= 0.6 is 0 Å². The predicted octanol–water partition coefficient (Wildman–Crippen LogP) is 2.94. The lowest BCUT2D eigenvalue weighted by Gasteiger charge is -2.30. The lowest BCUT2D eigenvalue weighted by molar-refractivity contribution is 0.0697. The summed E-state index contributed by atoms with van der Waals surface area (Å²) in [5, 5.41) is 3.40. The molecule has 0 spiro atoms. The Bertz CT molecular complexity index is 501. The monoisotopic (exact) mass is 316 g/mol. The SMILES string of the molecule is CC1CCN(C(=O)c2ccc(OCC3CCCNC3)cc2)CC1. The van der Waals surface area contributed by atoms with Crippen molar-refractivity contribution >= 4 is 5.91 Å². The van der Waals surface area contributed by atoms with Crippen LogP contribution in [0.5, 0.6) is 5.75 Å². The van der Waals surface area contributed by atoms with Crippen LogP contribution in [0.15, 0.2) is 24.3 Å². The fourth-order valence-corrected chi connectivity index (χ4v) is 3.37. The quantitative estimate of drug-likeness (QED) is 0.928. The van der Waals surface area contributed by atoms with Gasteiger partial charge in [0.2, 0.25) is 0 Å². The third-order valence-corrected chi connectivity index (χ3v) is 5.06. The maximum Gasteiger partial charge on any atom is 0.253 e. The van der Waals surface area contributed by atoms with Crippen LogP contribution in [0.25, 0.3) is 0 Å². The van der Waals surface area contributed by atoms with E-state index in [2.05, 4.69) is 12.2 Å². The van der Waals surface area contributed by atoms with Gasteiger partial charge in [-0.2, -0.15) is 0 Å². The van der Waals surface area contributed by atoms with Crippen LogP contribution in [-0.4, -0.2) is 43.6 Å². The summed E-state index contributed by atoms with van der Waals surface area (Å²) in [7, 11) is 0. The van der Waals surface area contributed by atoms with E-state index >= 15 is 0 Å². The second-order valence-corrected chi connectivity index (χ2v) is 7.02. The second kappa shape index (κ2) is 7.82. The molecule has 126 valence electrons. The van der Waals surface area contributed by atoms with E-state index in [1.165, 1.54) is 12.8 Å². The molecule has 1 aromatic carbocycles. The Morgan fingerprint density at radius 3 is 2.61 bits per heavy atom. The number of ether oxygens (including phenoxy) is 1. The smallest absolute Gasteiger partial charge is 0.253 e. The molecule has 1 unspecified atom stereocenters. The molecule has 3 rings (SSSR count). The molecule has 0 aliphatic carbocycles. The van der Waals surface area contributed by atoms with Crippen LogP contribution in [0.4, 0.5) is 0 Å². The van der Waals surface area contributed by atoms with E-state index in [1.807, 2.05) is 29.2 Å². The Balaban J connectivity index is 1.51. The number of amides is 1. The first-order valence-electron chi connectivity index (χ1n) is 8.95. The predicted molar refractivity (Wildman–Crippen MR) is 91.8 cm³/mol. The first-order chi connectivity index (χ1) is 11.2. The van der Waals surface area contributed by atoms with E-state index in [4.69, 9.17) is 4.74 Å². The van der Waals surface area contributed by atoms with E-state index in [0.29, 0.717) is 5.92 Å². The van der Waals surface area contributed by atoms with Crippen LogP contribution in [0.2, 0.25) is 0 Å². The van der Waals surface area contributed by atoms with Gasteiger partial charge in [-0.1, -0.05) is 6.92 Å². The van der Waals surface area contributed by atoms with Crippen molar-refractivity contribution in [3.8, 4) is 5.75 Å². The first-order valence-corrected chi connectivity index (χ1v) is 8.95. The van der Waals surface area contributed by atoms with Crippen LogP contribution < -0.4 is 10.1 Å². The van der Waals surface area contributed by atoms with Gasteiger partial charge >= 0.3 is 0 Å². The standard InChI is InChI=1S/C19H28N2O2/c1-15-8-11-21(12-9-15)19(22)17-4-6-18(7-5-17)23-14-16-3-2-10-20-13-16/h4-7,15-16,20H,2-3,8-14H2,1H3. The number of carbonyl (C=O) groups excluding carboxylic acids is 1. The molecule has 2 heterocycles. The van der Waals surface area contributed by atoms with Crippen LogP contribution in [0.1, 0.15) is 43.0 Å². The third kappa shape index (κ3) is 4.47. The molecule has 0 radical (unpaired) electrons. The molecule has 2 saturated heterocycles. The number of hydrogen-bond donors (Lipinski definition) is 1. The Morgan fingerprint density at radius 1 is 1.22 bits per heavy atom. The molecule has 0 bridgehead atoms. The fraction of sp³-hybridized carbons (Fsp3) is 0.632.